The van der Waals surface area contributed by atoms with E-state index in [2.05, 4.69) is 4.98 Å². The number of fused-ring (bicyclic) bond motifs is 1. The standard InChI is InChI=1S/C25H18Cl2N2O5/c1-33-24-17(26)9-13(10-18(24)27)22(30)20-21(16-11-28-19-7-3-2-6-15(16)19)29(25(32)23(20)31)12-14-5-4-8-34-14/h2-11,21,28,30H,12H2,1H3/b22-20+. The molecule has 2 aromatic carbocycles. The molecular formula is C25H18Cl2N2O5. The first-order chi connectivity index (χ1) is 16.4. The SMILES string of the molecule is COc1c(Cl)cc(/C(O)=C2\C(=O)C(=O)N(Cc3ccco3)C2c2c[nH]c3ccccc23)cc1Cl. The van der Waals surface area contributed by atoms with Crippen molar-refractivity contribution in [2.75, 3.05) is 7.11 Å². The number of nitrogens with zero attached hydrogens (tertiary/aromatic N) is 1. The fourth-order valence-electron chi connectivity index (χ4n) is 4.30. The maximum Gasteiger partial charge on any atom is 0.296 e. The fourth-order valence-corrected chi connectivity index (χ4v) is 4.95. The number of aromatic amines is 1. The quantitative estimate of drug-likeness (QED) is 0.210. The van der Waals surface area contributed by atoms with E-state index in [-0.39, 0.29) is 39.2 Å². The van der Waals surface area contributed by atoms with Crippen LogP contribution in [0.5, 0.6) is 5.75 Å². The first kappa shape index (κ1) is 22.1. The Kier molecular flexibility index (Phi) is 5.59. The molecule has 5 rings (SSSR count). The summed E-state index contributed by atoms with van der Waals surface area (Å²) < 4.78 is 10.6. The molecule has 4 aromatic rings. The highest BCUT2D eigenvalue weighted by molar-refractivity contribution is 6.47. The van der Waals surface area contributed by atoms with Gasteiger partial charge in [-0.1, -0.05) is 41.4 Å². The van der Waals surface area contributed by atoms with Gasteiger partial charge in [0.2, 0.25) is 0 Å². The molecule has 0 bridgehead atoms. The van der Waals surface area contributed by atoms with Crippen LogP contribution in [-0.4, -0.2) is 33.8 Å². The van der Waals surface area contributed by atoms with Crippen molar-refractivity contribution in [1.82, 2.24) is 9.88 Å². The summed E-state index contributed by atoms with van der Waals surface area (Å²) in [4.78, 5) is 31.0. The Morgan fingerprint density at radius 1 is 1.15 bits per heavy atom. The van der Waals surface area contributed by atoms with Crippen LogP contribution < -0.4 is 4.74 Å². The topological polar surface area (TPSA) is 95.8 Å². The molecule has 1 fully saturated rings. The molecule has 1 atom stereocenters. The number of benzene rings is 2. The summed E-state index contributed by atoms with van der Waals surface area (Å²) in [6.07, 6.45) is 3.23. The second kappa shape index (κ2) is 8.59. The zero-order valence-electron chi connectivity index (χ0n) is 17.8. The van der Waals surface area contributed by atoms with Crippen molar-refractivity contribution in [1.29, 1.82) is 0 Å². The van der Waals surface area contributed by atoms with E-state index in [1.807, 2.05) is 24.3 Å². The molecule has 34 heavy (non-hydrogen) atoms. The number of carbonyl (C=O) groups is 2. The van der Waals surface area contributed by atoms with E-state index in [4.69, 9.17) is 32.4 Å². The van der Waals surface area contributed by atoms with Gasteiger partial charge < -0.3 is 24.1 Å². The lowest BCUT2D eigenvalue weighted by molar-refractivity contribution is -0.140. The number of H-pyrrole nitrogens is 1. The van der Waals surface area contributed by atoms with Gasteiger partial charge in [0.05, 0.1) is 41.6 Å². The first-order valence-electron chi connectivity index (χ1n) is 10.3. The highest BCUT2D eigenvalue weighted by Crippen LogP contribution is 2.44. The molecular weight excluding hydrogens is 479 g/mol. The van der Waals surface area contributed by atoms with Gasteiger partial charge in [0, 0.05) is 28.2 Å². The molecule has 1 amide bonds. The second-order valence-corrected chi connectivity index (χ2v) is 8.58. The number of aromatic nitrogens is 1. The Balaban J connectivity index is 1.72. The van der Waals surface area contributed by atoms with Gasteiger partial charge in [-0.25, -0.2) is 0 Å². The molecule has 2 aromatic heterocycles. The molecule has 1 saturated heterocycles. The summed E-state index contributed by atoms with van der Waals surface area (Å²) in [6.45, 7) is 0.0443. The number of furan rings is 1. The summed E-state index contributed by atoms with van der Waals surface area (Å²) in [7, 11) is 1.42. The maximum absolute atomic E-state index is 13.3. The number of para-hydroxylation sites is 1. The minimum absolute atomic E-state index is 0.0443. The number of ketones is 1. The number of hydrogen-bond donors (Lipinski definition) is 2. The highest BCUT2D eigenvalue weighted by atomic mass is 35.5. The van der Waals surface area contributed by atoms with Gasteiger partial charge >= 0.3 is 0 Å². The van der Waals surface area contributed by atoms with E-state index in [1.165, 1.54) is 30.4 Å². The van der Waals surface area contributed by atoms with Gasteiger partial charge in [-0.3, -0.25) is 9.59 Å². The van der Waals surface area contributed by atoms with Crippen LogP contribution in [0.4, 0.5) is 0 Å². The number of rotatable bonds is 5. The largest absolute Gasteiger partial charge is 0.507 e. The zero-order valence-corrected chi connectivity index (χ0v) is 19.4. The molecule has 1 aliphatic heterocycles. The summed E-state index contributed by atoms with van der Waals surface area (Å²) in [5.74, 6) is -1.21. The molecule has 0 saturated carbocycles. The van der Waals surface area contributed by atoms with E-state index in [1.54, 1.807) is 18.3 Å². The summed E-state index contributed by atoms with van der Waals surface area (Å²) in [5.41, 5.74) is 1.61. The van der Waals surface area contributed by atoms with E-state index >= 15 is 0 Å². The average molecular weight is 497 g/mol. The molecule has 1 aliphatic rings. The minimum atomic E-state index is -0.874. The lowest BCUT2D eigenvalue weighted by Crippen LogP contribution is -2.29. The lowest BCUT2D eigenvalue weighted by atomic mass is 9.95. The zero-order chi connectivity index (χ0) is 24.0. The van der Waals surface area contributed by atoms with Crippen molar-refractivity contribution < 1.29 is 23.8 Å². The number of carbonyl (C=O) groups excluding carboxylic acids is 2. The third kappa shape index (κ3) is 3.54. The van der Waals surface area contributed by atoms with Crippen LogP contribution in [-0.2, 0) is 16.1 Å². The molecule has 1 unspecified atom stereocenters. The number of Topliss-reactive ketones (excluding diaryl/α,β-unsaturated/α-hetero) is 1. The lowest BCUT2D eigenvalue weighted by Gasteiger charge is -2.24. The Morgan fingerprint density at radius 3 is 2.56 bits per heavy atom. The monoisotopic (exact) mass is 496 g/mol. The molecule has 172 valence electrons. The smallest absolute Gasteiger partial charge is 0.296 e. The number of likely N-dealkylation sites (tertiary alicyclic amines) is 1. The predicted molar refractivity (Wildman–Crippen MR) is 128 cm³/mol. The molecule has 7 nitrogen and oxygen atoms in total. The summed E-state index contributed by atoms with van der Waals surface area (Å²) in [5, 5.41) is 12.4. The Morgan fingerprint density at radius 2 is 1.88 bits per heavy atom. The number of halogens is 2. The van der Waals surface area contributed by atoms with E-state index in [0.717, 1.165) is 10.9 Å². The molecule has 0 aliphatic carbocycles. The number of nitrogens with one attached hydrogen (secondary N) is 1. The number of ether oxygens (including phenoxy) is 1. The molecule has 0 spiro atoms. The molecule has 2 N–H and O–H groups in total. The first-order valence-corrected chi connectivity index (χ1v) is 11.1. The number of amides is 1. The van der Waals surface area contributed by atoms with Gasteiger partial charge in [0.25, 0.3) is 11.7 Å². The third-order valence-electron chi connectivity index (χ3n) is 5.84. The molecule has 9 heteroatoms. The van der Waals surface area contributed by atoms with Crippen molar-refractivity contribution >= 4 is 51.6 Å². The van der Waals surface area contributed by atoms with Gasteiger partial charge in [0.1, 0.15) is 11.5 Å². The predicted octanol–water partition coefficient (Wildman–Crippen LogP) is 5.70. The normalized spacial score (nSPS) is 17.6. The van der Waals surface area contributed by atoms with E-state index in [0.29, 0.717) is 11.3 Å². The number of hydrogen-bond acceptors (Lipinski definition) is 5. The summed E-state index contributed by atoms with van der Waals surface area (Å²) >= 11 is 12.5. The van der Waals surface area contributed by atoms with Gasteiger partial charge in [0.15, 0.2) is 5.75 Å². The average Bonchev–Trinajstić information content (AvgIpc) is 3.54. The Bertz CT molecular complexity index is 1430. The number of methoxy groups -OCH3 is 1. The van der Waals surface area contributed by atoms with Gasteiger partial charge in [-0.05, 0) is 30.3 Å². The van der Waals surface area contributed by atoms with Gasteiger partial charge in [-0.15, -0.1) is 0 Å². The van der Waals surface area contributed by atoms with Crippen LogP contribution in [0.2, 0.25) is 10.0 Å². The van der Waals surface area contributed by atoms with Crippen LogP contribution >= 0.6 is 23.2 Å². The highest BCUT2D eigenvalue weighted by Gasteiger charge is 2.47. The van der Waals surface area contributed by atoms with Crippen LogP contribution in [0.15, 0.2) is 71.0 Å². The fraction of sp³-hybridized carbons (Fsp3) is 0.120. The summed E-state index contributed by atoms with van der Waals surface area (Å²) in [6, 6.07) is 12.9. The van der Waals surface area contributed by atoms with Crippen LogP contribution in [0.1, 0.15) is 22.9 Å². The maximum atomic E-state index is 13.3. The van der Waals surface area contributed by atoms with Crippen molar-refractivity contribution in [3.8, 4) is 5.75 Å². The van der Waals surface area contributed by atoms with Crippen LogP contribution in [0.25, 0.3) is 16.7 Å². The molecule has 0 radical (unpaired) electrons. The third-order valence-corrected chi connectivity index (χ3v) is 6.40. The second-order valence-electron chi connectivity index (χ2n) is 7.77. The number of aliphatic hydroxyl groups excluding tert-OH is 1. The van der Waals surface area contributed by atoms with Gasteiger partial charge in [-0.2, -0.15) is 0 Å². The van der Waals surface area contributed by atoms with Crippen molar-refractivity contribution in [3.05, 3.63) is 93.5 Å². The van der Waals surface area contributed by atoms with Crippen LogP contribution in [0, 0.1) is 0 Å². The number of aliphatic hydroxyl groups is 1. The van der Waals surface area contributed by atoms with Crippen molar-refractivity contribution in [3.63, 3.8) is 0 Å². The molecule has 3 heterocycles. The Hall–Kier alpha value is -3.68. The Labute approximate surface area is 204 Å². The van der Waals surface area contributed by atoms with E-state index < -0.39 is 17.7 Å². The minimum Gasteiger partial charge on any atom is -0.507 e. The van der Waals surface area contributed by atoms with Crippen molar-refractivity contribution in [2.45, 2.75) is 12.6 Å². The van der Waals surface area contributed by atoms with Crippen LogP contribution in [0.3, 0.4) is 0 Å². The van der Waals surface area contributed by atoms with Crippen molar-refractivity contribution in [2.24, 2.45) is 0 Å². The van der Waals surface area contributed by atoms with E-state index in [9.17, 15) is 14.7 Å².